The predicted molar refractivity (Wildman–Crippen MR) is 81.5 cm³/mol. The highest BCUT2D eigenvalue weighted by Crippen LogP contribution is 2.20. The molecule has 2 N–H and O–H groups in total. The molecule has 0 radical (unpaired) electrons. The Morgan fingerprint density at radius 3 is 2.86 bits per heavy atom. The van der Waals surface area contributed by atoms with Crippen LogP contribution < -0.4 is 10.6 Å². The highest BCUT2D eigenvalue weighted by atomic mass is 16.2. The van der Waals surface area contributed by atoms with Gasteiger partial charge < -0.3 is 15.5 Å². The fraction of sp³-hybridized carbons (Fsp3) is 0.667. The first-order chi connectivity index (χ1) is 10.6. The van der Waals surface area contributed by atoms with Gasteiger partial charge in [0.15, 0.2) is 5.69 Å². The van der Waals surface area contributed by atoms with Crippen LogP contribution in [0.3, 0.4) is 0 Å². The number of piperazine rings is 1. The summed E-state index contributed by atoms with van der Waals surface area (Å²) >= 11 is 0. The van der Waals surface area contributed by atoms with Gasteiger partial charge in [0.05, 0.1) is 0 Å². The first-order valence-electron chi connectivity index (χ1n) is 7.96. The Hall–Kier alpha value is -1.89. The van der Waals surface area contributed by atoms with Crippen molar-refractivity contribution >= 4 is 11.8 Å². The average Bonchev–Trinajstić information content (AvgIpc) is 3.26. The zero-order chi connectivity index (χ0) is 15.7. The fourth-order valence-electron chi connectivity index (χ4n) is 2.79. The van der Waals surface area contributed by atoms with E-state index in [9.17, 15) is 9.59 Å². The van der Waals surface area contributed by atoms with Gasteiger partial charge in [-0.2, -0.15) is 5.10 Å². The van der Waals surface area contributed by atoms with Crippen LogP contribution in [0, 0.1) is 6.92 Å². The summed E-state index contributed by atoms with van der Waals surface area (Å²) in [6.45, 7) is 6.38. The number of hydrogen-bond donors (Lipinski definition) is 2. The molecule has 7 heteroatoms. The normalized spacial score (nSPS) is 21.7. The van der Waals surface area contributed by atoms with E-state index in [1.165, 1.54) is 0 Å². The van der Waals surface area contributed by atoms with Crippen LogP contribution in [-0.2, 0) is 11.3 Å². The van der Waals surface area contributed by atoms with E-state index in [1.807, 2.05) is 13.8 Å². The zero-order valence-electron chi connectivity index (χ0n) is 13.1. The molecule has 1 aromatic heterocycles. The lowest BCUT2D eigenvalue weighted by molar-refractivity contribution is -0.126. The van der Waals surface area contributed by atoms with Crippen molar-refractivity contribution in [1.82, 2.24) is 25.3 Å². The number of carbonyl (C=O) groups is 2. The maximum Gasteiger partial charge on any atom is 0.275 e. The molecule has 2 amide bonds. The van der Waals surface area contributed by atoms with E-state index < -0.39 is 6.04 Å². The van der Waals surface area contributed by atoms with Crippen LogP contribution in [0.4, 0.5) is 0 Å². The largest absolute Gasteiger partial charge is 0.352 e. The number of nitrogens with one attached hydrogen (secondary N) is 2. The van der Waals surface area contributed by atoms with Crippen LogP contribution >= 0.6 is 0 Å². The summed E-state index contributed by atoms with van der Waals surface area (Å²) in [7, 11) is 0. The molecule has 1 aromatic rings. The molecule has 1 aliphatic carbocycles. The number of aromatic nitrogens is 2. The maximum atomic E-state index is 12.7. The molecule has 1 aliphatic heterocycles. The Morgan fingerprint density at radius 2 is 2.23 bits per heavy atom. The Kier molecular flexibility index (Phi) is 4.15. The summed E-state index contributed by atoms with van der Waals surface area (Å²) in [5, 5.41) is 10.5. The third-order valence-corrected chi connectivity index (χ3v) is 4.23. The van der Waals surface area contributed by atoms with Gasteiger partial charge >= 0.3 is 0 Å². The summed E-state index contributed by atoms with van der Waals surface area (Å²) in [4.78, 5) is 26.7. The molecule has 1 saturated heterocycles. The van der Waals surface area contributed by atoms with Gasteiger partial charge in [-0.1, -0.05) is 0 Å². The molecule has 1 atom stereocenters. The summed E-state index contributed by atoms with van der Waals surface area (Å²) < 4.78 is 1.80. The van der Waals surface area contributed by atoms with Gasteiger partial charge in [0.1, 0.15) is 6.04 Å². The Bertz CT molecular complexity index is 578. The minimum atomic E-state index is -0.450. The van der Waals surface area contributed by atoms with E-state index in [0.29, 0.717) is 31.4 Å². The van der Waals surface area contributed by atoms with Crippen molar-refractivity contribution in [3.63, 3.8) is 0 Å². The summed E-state index contributed by atoms with van der Waals surface area (Å²) in [6, 6.07) is 1.64. The van der Waals surface area contributed by atoms with Gasteiger partial charge in [0.2, 0.25) is 5.91 Å². The van der Waals surface area contributed by atoms with Gasteiger partial charge in [-0.15, -0.1) is 0 Å². The highest BCUT2D eigenvalue weighted by molar-refractivity contribution is 5.96. The molecule has 0 unspecified atom stereocenters. The maximum absolute atomic E-state index is 12.7. The molecule has 2 fully saturated rings. The molecule has 0 aromatic carbocycles. The molecular formula is C15H23N5O2. The third kappa shape index (κ3) is 2.99. The van der Waals surface area contributed by atoms with Crippen LogP contribution in [-0.4, -0.2) is 58.2 Å². The van der Waals surface area contributed by atoms with Crippen molar-refractivity contribution in [3.8, 4) is 0 Å². The van der Waals surface area contributed by atoms with E-state index >= 15 is 0 Å². The first-order valence-corrected chi connectivity index (χ1v) is 7.96. The highest BCUT2D eigenvalue weighted by Gasteiger charge is 2.36. The number of amides is 2. The fourth-order valence-corrected chi connectivity index (χ4v) is 2.79. The van der Waals surface area contributed by atoms with Crippen LogP contribution in [0.1, 0.15) is 35.9 Å². The van der Waals surface area contributed by atoms with E-state index in [2.05, 4.69) is 15.7 Å². The zero-order valence-corrected chi connectivity index (χ0v) is 13.1. The van der Waals surface area contributed by atoms with Gasteiger partial charge in [0.25, 0.3) is 5.91 Å². The van der Waals surface area contributed by atoms with E-state index in [-0.39, 0.29) is 11.8 Å². The van der Waals surface area contributed by atoms with Crippen molar-refractivity contribution in [2.24, 2.45) is 0 Å². The topological polar surface area (TPSA) is 79.3 Å². The van der Waals surface area contributed by atoms with E-state index in [1.54, 1.807) is 15.6 Å². The van der Waals surface area contributed by atoms with Crippen molar-refractivity contribution < 1.29 is 9.59 Å². The molecule has 2 heterocycles. The molecule has 22 heavy (non-hydrogen) atoms. The van der Waals surface area contributed by atoms with Crippen molar-refractivity contribution in [1.29, 1.82) is 0 Å². The third-order valence-electron chi connectivity index (χ3n) is 4.23. The summed E-state index contributed by atoms with van der Waals surface area (Å²) in [6.07, 6.45) is 2.08. The lowest BCUT2D eigenvalue weighted by Crippen LogP contribution is -2.59. The lowest BCUT2D eigenvalue weighted by atomic mass is 10.1. The Labute approximate surface area is 130 Å². The van der Waals surface area contributed by atoms with Crippen molar-refractivity contribution in [3.05, 3.63) is 17.5 Å². The molecule has 120 valence electrons. The minimum Gasteiger partial charge on any atom is -0.352 e. The molecular weight excluding hydrogens is 282 g/mol. The van der Waals surface area contributed by atoms with Crippen molar-refractivity contribution in [2.45, 2.75) is 45.3 Å². The molecule has 1 saturated carbocycles. The molecule has 2 aliphatic rings. The van der Waals surface area contributed by atoms with Crippen LogP contribution in [0.2, 0.25) is 0 Å². The molecule has 0 bridgehead atoms. The Morgan fingerprint density at radius 1 is 1.45 bits per heavy atom. The predicted octanol–water partition coefficient (Wildman–Crippen LogP) is -0.0960. The van der Waals surface area contributed by atoms with Gasteiger partial charge in [-0.05, 0) is 32.8 Å². The molecule has 0 spiro atoms. The average molecular weight is 305 g/mol. The number of aryl methyl sites for hydroxylation is 2. The second kappa shape index (κ2) is 6.08. The molecule has 3 rings (SSSR count). The van der Waals surface area contributed by atoms with Gasteiger partial charge in [0, 0.05) is 37.9 Å². The van der Waals surface area contributed by atoms with Crippen LogP contribution in [0.25, 0.3) is 0 Å². The number of carbonyl (C=O) groups excluding carboxylic acids is 2. The van der Waals surface area contributed by atoms with Crippen molar-refractivity contribution in [2.75, 3.05) is 19.6 Å². The van der Waals surface area contributed by atoms with Gasteiger partial charge in [-0.3, -0.25) is 14.3 Å². The second-order valence-electron chi connectivity index (χ2n) is 5.99. The van der Waals surface area contributed by atoms with Gasteiger partial charge in [-0.25, -0.2) is 0 Å². The van der Waals surface area contributed by atoms with Crippen LogP contribution in [0.15, 0.2) is 6.07 Å². The first kappa shape index (κ1) is 15.0. The minimum absolute atomic E-state index is 0.0605. The molecule has 7 nitrogen and oxygen atoms in total. The monoisotopic (exact) mass is 305 g/mol. The Balaban J connectivity index is 1.76. The second-order valence-corrected chi connectivity index (χ2v) is 5.99. The SMILES string of the molecule is CCn1nc(C(=O)N2CCNC[C@H]2C(=O)NC2CC2)cc1C. The number of nitrogens with zero attached hydrogens (tertiary/aromatic N) is 3. The smallest absolute Gasteiger partial charge is 0.275 e. The van der Waals surface area contributed by atoms with E-state index in [0.717, 1.165) is 25.1 Å². The quantitative estimate of drug-likeness (QED) is 0.814. The summed E-state index contributed by atoms with van der Waals surface area (Å²) in [5.41, 5.74) is 1.38. The van der Waals surface area contributed by atoms with E-state index in [4.69, 9.17) is 0 Å². The summed E-state index contributed by atoms with van der Waals surface area (Å²) in [5.74, 6) is -0.220. The number of hydrogen-bond acceptors (Lipinski definition) is 4. The van der Waals surface area contributed by atoms with Crippen LogP contribution in [0.5, 0.6) is 0 Å². The number of rotatable bonds is 4. The standard InChI is InChI=1S/C15H23N5O2/c1-3-20-10(2)8-12(18-20)15(22)19-7-6-16-9-13(19)14(21)17-11-4-5-11/h8,11,13,16H,3-7,9H2,1-2H3,(H,17,21)/t13-/m0/s1. The lowest BCUT2D eigenvalue weighted by Gasteiger charge is -2.34.